The molecule has 1 aliphatic heterocycles. The highest BCUT2D eigenvalue weighted by Gasteiger charge is 2.24. The number of hydrogen-bond acceptors (Lipinski definition) is 2. The first-order chi connectivity index (χ1) is 9.63. The van der Waals surface area contributed by atoms with Crippen LogP contribution in [0.5, 0.6) is 5.75 Å². The summed E-state index contributed by atoms with van der Waals surface area (Å²) in [7, 11) is 0. The van der Waals surface area contributed by atoms with Crippen LogP contribution in [0.15, 0.2) is 24.3 Å². The van der Waals surface area contributed by atoms with E-state index in [4.69, 9.17) is 21.1 Å². The van der Waals surface area contributed by atoms with E-state index in [9.17, 15) is 0 Å². The van der Waals surface area contributed by atoms with Crippen LogP contribution in [0.1, 0.15) is 26.7 Å². The van der Waals surface area contributed by atoms with Gasteiger partial charge in [-0.25, -0.2) is 0 Å². The number of rotatable bonds is 6. The second kappa shape index (κ2) is 7.87. The Balaban J connectivity index is 1.59. The molecule has 2 rings (SSSR count). The molecule has 0 aromatic heterocycles. The van der Waals surface area contributed by atoms with E-state index in [1.807, 2.05) is 24.3 Å². The van der Waals surface area contributed by atoms with Gasteiger partial charge in [0.1, 0.15) is 31.0 Å². The van der Waals surface area contributed by atoms with Gasteiger partial charge in [0, 0.05) is 5.02 Å². The lowest BCUT2D eigenvalue weighted by atomic mass is 10.2. The van der Waals surface area contributed by atoms with Crippen molar-refractivity contribution in [1.29, 1.82) is 0 Å². The van der Waals surface area contributed by atoms with E-state index >= 15 is 0 Å². The van der Waals surface area contributed by atoms with E-state index in [2.05, 4.69) is 13.8 Å². The van der Waals surface area contributed by atoms with Crippen molar-refractivity contribution in [2.45, 2.75) is 38.9 Å². The van der Waals surface area contributed by atoms with Gasteiger partial charge in [0.25, 0.3) is 0 Å². The minimum Gasteiger partial charge on any atom is -0.494 e. The van der Waals surface area contributed by atoms with Crippen molar-refractivity contribution in [2.75, 3.05) is 26.2 Å². The largest absolute Gasteiger partial charge is 0.494 e. The van der Waals surface area contributed by atoms with Gasteiger partial charge < -0.3 is 14.4 Å². The Kier molecular flexibility index (Phi) is 6.14. The van der Waals surface area contributed by atoms with E-state index in [0.29, 0.717) is 12.2 Å². The van der Waals surface area contributed by atoms with E-state index in [0.717, 1.165) is 36.9 Å². The molecule has 4 heteroatoms. The monoisotopic (exact) mass is 298 g/mol. The highest BCUT2D eigenvalue weighted by Crippen LogP contribution is 2.17. The van der Waals surface area contributed by atoms with Gasteiger partial charge in [-0.05, 0) is 44.9 Å². The normalized spacial score (nSPS) is 26.4. The van der Waals surface area contributed by atoms with Crippen LogP contribution in [0, 0.1) is 0 Å². The topological polar surface area (TPSA) is 22.9 Å². The number of unbranched alkanes of at least 4 members (excludes halogenated alkanes) is 1. The van der Waals surface area contributed by atoms with E-state index in [1.165, 1.54) is 13.0 Å². The molecule has 0 saturated carbocycles. The van der Waals surface area contributed by atoms with E-state index in [-0.39, 0.29) is 0 Å². The zero-order valence-electron chi connectivity index (χ0n) is 12.4. The maximum atomic E-state index is 5.92. The molecule has 20 heavy (non-hydrogen) atoms. The third kappa shape index (κ3) is 5.31. The number of hydrogen-bond donors (Lipinski definition) is 1. The molecular formula is C16H25ClNO2+. The third-order valence-corrected chi connectivity index (χ3v) is 3.84. The summed E-state index contributed by atoms with van der Waals surface area (Å²) in [6.45, 7) is 8.54. The first-order valence-electron chi connectivity index (χ1n) is 7.51. The number of ether oxygens (including phenoxy) is 2. The van der Waals surface area contributed by atoms with Crippen LogP contribution in [-0.2, 0) is 4.74 Å². The predicted octanol–water partition coefficient (Wildman–Crippen LogP) is 2.19. The summed E-state index contributed by atoms with van der Waals surface area (Å²) in [5.74, 6) is 0.860. The SMILES string of the molecule is C[C@@H]1C[NH+](CCCCOc2cccc(Cl)c2)C[C@H](C)O1. The van der Waals surface area contributed by atoms with Crippen molar-refractivity contribution < 1.29 is 14.4 Å². The van der Waals surface area contributed by atoms with Gasteiger partial charge in [-0.3, -0.25) is 0 Å². The molecule has 112 valence electrons. The molecule has 0 spiro atoms. The number of benzene rings is 1. The minimum absolute atomic E-state index is 0.386. The number of morpholine rings is 1. The van der Waals surface area contributed by atoms with Crippen LogP contribution >= 0.6 is 11.6 Å². The molecule has 1 saturated heterocycles. The predicted molar refractivity (Wildman–Crippen MR) is 81.8 cm³/mol. The Morgan fingerprint density at radius 3 is 2.70 bits per heavy atom. The van der Waals surface area contributed by atoms with E-state index < -0.39 is 0 Å². The Morgan fingerprint density at radius 1 is 1.25 bits per heavy atom. The van der Waals surface area contributed by atoms with Gasteiger partial charge in [0.05, 0.1) is 13.2 Å². The average Bonchev–Trinajstić information content (AvgIpc) is 2.37. The van der Waals surface area contributed by atoms with Crippen LogP contribution in [0.3, 0.4) is 0 Å². The van der Waals surface area contributed by atoms with Gasteiger partial charge in [-0.1, -0.05) is 17.7 Å². The van der Waals surface area contributed by atoms with Crippen molar-refractivity contribution in [3.8, 4) is 5.75 Å². The van der Waals surface area contributed by atoms with Gasteiger partial charge in [0.15, 0.2) is 0 Å². The van der Waals surface area contributed by atoms with Crippen molar-refractivity contribution >= 4 is 11.6 Å². The summed E-state index contributed by atoms with van der Waals surface area (Å²) >= 11 is 5.92. The average molecular weight is 299 g/mol. The fraction of sp³-hybridized carbons (Fsp3) is 0.625. The molecule has 1 aromatic rings. The van der Waals surface area contributed by atoms with Gasteiger partial charge >= 0.3 is 0 Å². The summed E-state index contributed by atoms with van der Waals surface area (Å²) < 4.78 is 11.5. The van der Waals surface area contributed by atoms with Crippen LogP contribution < -0.4 is 9.64 Å². The zero-order chi connectivity index (χ0) is 14.4. The van der Waals surface area contributed by atoms with Gasteiger partial charge in [-0.2, -0.15) is 0 Å². The molecule has 1 fully saturated rings. The highest BCUT2D eigenvalue weighted by atomic mass is 35.5. The Morgan fingerprint density at radius 2 is 2.00 bits per heavy atom. The molecule has 0 bridgehead atoms. The Bertz CT molecular complexity index is 403. The van der Waals surface area contributed by atoms with Gasteiger partial charge in [0.2, 0.25) is 0 Å². The molecule has 0 radical (unpaired) electrons. The van der Waals surface area contributed by atoms with Crippen LogP contribution in [0.4, 0.5) is 0 Å². The number of nitrogens with one attached hydrogen (secondary N) is 1. The fourth-order valence-corrected chi connectivity index (χ4v) is 3.00. The van der Waals surface area contributed by atoms with Crippen molar-refractivity contribution in [2.24, 2.45) is 0 Å². The summed E-state index contributed by atoms with van der Waals surface area (Å²) in [4.78, 5) is 1.65. The van der Waals surface area contributed by atoms with Crippen molar-refractivity contribution in [3.05, 3.63) is 29.3 Å². The molecule has 0 amide bonds. The van der Waals surface area contributed by atoms with Crippen molar-refractivity contribution in [3.63, 3.8) is 0 Å². The molecule has 1 heterocycles. The lowest BCUT2D eigenvalue weighted by Crippen LogP contribution is -3.15. The van der Waals surface area contributed by atoms with Crippen molar-refractivity contribution in [1.82, 2.24) is 0 Å². The summed E-state index contributed by atoms with van der Waals surface area (Å²) in [5, 5.41) is 0.725. The summed E-state index contributed by atoms with van der Waals surface area (Å²) in [5.41, 5.74) is 0. The Hall–Kier alpha value is -0.770. The molecule has 1 aliphatic rings. The molecular weight excluding hydrogens is 274 g/mol. The molecule has 3 atom stereocenters. The zero-order valence-corrected chi connectivity index (χ0v) is 13.2. The highest BCUT2D eigenvalue weighted by molar-refractivity contribution is 6.30. The lowest BCUT2D eigenvalue weighted by Gasteiger charge is -2.32. The minimum atomic E-state index is 0.386. The van der Waals surface area contributed by atoms with Gasteiger partial charge in [-0.15, -0.1) is 0 Å². The quantitative estimate of drug-likeness (QED) is 0.814. The summed E-state index contributed by atoms with van der Waals surface area (Å²) in [6.07, 6.45) is 3.04. The van der Waals surface area contributed by atoms with Crippen LogP contribution in [0.25, 0.3) is 0 Å². The maximum Gasteiger partial charge on any atom is 0.120 e. The standard InChI is InChI=1S/C16H24ClNO2/c1-13-11-18(12-14(2)20-13)8-3-4-9-19-16-7-5-6-15(17)10-16/h5-7,10,13-14H,3-4,8-9,11-12H2,1-2H3/p+1/t13-,14+. The second-order valence-electron chi connectivity index (χ2n) is 5.68. The summed E-state index contributed by atoms with van der Waals surface area (Å²) in [6, 6.07) is 7.58. The van der Waals surface area contributed by atoms with Crippen LogP contribution in [0.2, 0.25) is 5.02 Å². The molecule has 1 aromatic carbocycles. The molecule has 0 aliphatic carbocycles. The van der Waals surface area contributed by atoms with Crippen LogP contribution in [-0.4, -0.2) is 38.4 Å². The third-order valence-electron chi connectivity index (χ3n) is 3.61. The fourth-order valence-electron chi connectivity index (χ4n) is 2.82. The number of halogens is 1. The lowest BCUT2D eigenvalue weighted by molar-refractivity contribution is -0.915. The molecule has 1 N–H and O–H groups in total. The smallest absolute Gasteiger partial charge is 0.120 e. The molecule has 3 nitrogen and oxygen atoms in total. The maximum absolute atomic E-state index is 5.92. The molecule has 1 unspecified atom stereocenters. The second-order valence-corrected chi connectivity index (χ2v) is 6.11. The Labute approximate surface area is 126 Å². The number of quaternary nitrogens is 1. The van der Waals surface area contributed by atoms with E-state index in [1.54, 1.807) is 4.90 Å². The first-order valence-corrected chi connectivity index (χ1v) is 7.88. The first kappa shape index (κ1) is 15.6.